The number of carboxylic acids is 1. The van der Waals surface area contributed by atoms with E-state index >= 15 is 0 Å². The van der Waals surface area contributed by atoms with E-state index in [4.69, 9.17) is 0 Å². The van der Waals surface area contributed by atoms with Crippen LogP contribution in [-0.4, -0.2) is 34.1 Å². The Balaban J connectivity index is 2.26. The predicted octanol–water partition coefficient (Wildman–Crippen LogP) is 2.44. The third kappa shape index (κ3) is 2.47. The Morgan fingerprint density at radius 3 is 2.85 bits per heavy atom. The molecule has 1 aromatic heterocycles. The summed E-state index contributed by atoms with van der Waals surface area (Å²) in [5.41, 5.74) is -0.858. The Labute approximate surface area is 123 Å². The molecule has 20 heavy (non-hydrogen) atoms. The minimum atomic E-state index is -0.805. The van der Waals surface area contributed by atoms with Gasteiger partial charge in [0, 0.05) is 19.2 Å². The summed E-state index contributed by atoms with van der Waals surface area (Å²) in [6, 6.07) is 1.38. The van der Waals surface area contributed by atoms with Crippen molar-refractivity contribution < 1.29 is 14.8 Å². The second kappa shape index (κ2) is 5.35. The Morgan fingerprint density at radius 2 is 2.40 bits per heavy atom. The molecule has 1 atom stereocenters. The van der Waals surface area contributed by atoms with Crippen LogP contribution in [0.2, 0.25) is 0 Å². The summed E-state index contributed by atoms with van der Waals surface area (Å²) < 4.78 is 0.504. The predicted molar refractivity (Wildman–Crippen MR) is 75.8 cm³/mol. The van der Waals surface area contributed by atoms with Gasteiger partial charge in [-0.2, -0.15) is 0 Å². The van der Waals surface area contributed by atoms with Crippen molar-refractivity contribution in [1.29, 1.82) is 0 Å². The standard InChI is InChI=1S/C12H14BrN3O4/c1-2-12(11(17)18)3-4-15(7-12)10-9(13)5-8(6-14-10)16(19)20/h5-6H,2-4,7H2,1H3,(H,17,18). The Kier molecular flexibility index (Phi) is 3.94. The van der Waals surface area contributed by atoms with Crippen LogP contribution in [0.3, 0.4) is 0 Å². The van der Waals surface area contributed by atoms with Crippen molar-refractivity contribution in [2.24, 2.45) is 5.41 Å². The van der Waals surface area contributed by atoms with E-state index in [0.717, 1.165) is 0 Å². The summed E-state index contributed by atoms with van der Waals surface area (Å²) in [5.74, 6) is -0.257. The van der Waals surface area contributed by atoms with Gasteiger partial charge in [0.15, 0.2) is 0 Å². The number of nitrogens with zero attached hydrogens (tertiary/aromatic N) is 3. The van der Waals surface area contributed by atoms with Gasteiger partial charge >= 0.3 is 5.97 Å². The fourth-order valence-electron chi connectivity index (χ4n) is 2.42. The van der Waals surface area contributed by atoms with Gasteiger partial charge in [-0.15, -0.1) is 0 Å². The molecule has 1 fully saturated rings. The Bertz CT molecular complexity index is 566. The monoisotopic (exact) mass is 343 g/mol. The fraction of sp³-hybridized carbons (Fsp3) is 0.500. The van der Waals surface area contributed by atoms with E-state index in [1.165, 1.54) is 12.3 Å². The highest BCUT2D eigenvalue weighted by molar-refractivity contribution is 9.10. The summed E-state index contributed by atoms with van der Waals surface area (Å²) in [7, 11) is 0. The molecule has 0 bridgehead atoms. The van der Waals surface area contributed by atoms with Crippen LogP contribution < -0.4 is 4.90 Å². The van der Waals surface area contributed by atoms with E-state index in [2.05, 4.69) is 20.9 Å². The van der Waals surface area contributed by atoms with E-state index in [-0.39, 0.29) is 5.69 Å². The quantitative estimate of drug-likeness (QED) is 0.666. The minimum Gasteiger partial charge on any atom is -0.481 e. The van der Waals surface area contributed by atoms with Crippen molar-refractivity contribution in [1.82, 2.24) is 4.98 Å². The first-order valence-corrected chi connectivity index (χ1v) is 6.97. The van der Waals surface area contributed by atoms with Gasteiger partial charge in [0.2, 0.25) is 0 Å². The lowest BCUT2D eigenvalue weighted by Gasteiger charge is -2.24. The second-order valence-electron chi connectivity index (χ2n) is 4.87. The van der Waals surface area contributed by atoms with Crippen LogP contribution in [0.4, 0.5) is 11.5 Å². The van der Waals surface area contributed by atoms with Gasteiger partial charge < -0.3 is 10.0 Å². The number of carbonyl (C=O) groups is 1. The first-order valence-electron chi connectivity index (χ1n) is 6.18. The molecule has 0 aromatic carbocycles. The number of halogens is 1. The van der Waals surface area contributed by atoms with E-state index in [9.17, 15) is 20.0 Å². The SMILES string of the molecule is CCC1(C(=O)O)CCN(c2ncc([N+](=O)[O-])cc2Br)C1. The van der Waals surface area contributed by atoms with Gasteiger partial charge in [-0.1, -0.05) is 6.92 Å². The Hall–Kier alpha value is -1.70. The number of aromatic nitrogens is 1. The van der Waals surface area contributed by atoms with Gasteiger partial charge in [-0.3, -0.25) is 14.9 Å². The molecular weight excluding hydrogens is 330 g/mol. The summed E-state index contributed by atoms with van der Waals surface area (Å²) in [5, 5.41) is 20.0. The molecule has 0 saturated carbocycles. The lowest BCUT2D eigenvalue weighted by molar-refractivity contribution is -0.385. The maximum absolute atomic E-state index is 11.4. The molecule has 108 valence electrons. The van der Waals surface area contributed by atoms with Gasteiger partial charge in [0.05, 0.1) is 14.8 Å². The van der Waals surface area contributed by atoms with Crippen molar-refractivity contribution in [3.05, 3.63) is 26.9 Å². The molecule has 1 saturated heterocycles. The number of anilines is 1. The molecule has 1 N–H and O–H groups in total. The zero-order valence-electron chi connectivity index (χ0n) is 10.9. The van der Waals surface area contributed by atoms with Gasteiger partial charge in [-0.25, -0.2) is 4.98 Å². The first-order chi connectivity index (χ1) is 9.39. The van der Waals surface area contributed by atoms with Crippen LogP contribution in [0.1, 0.15) is 19.8 Å². The van der Waals surface area contributed by atoms with E-state index in [1.54, 1.807) is 0 Å². The zero-order valence-corrected chi connectivity index (χ0v) is 12.5. The lowest BCUT2D eigenvalue weighted by atomic mass is 9.84. The summed E-state index contributed by atoms with van der Waals surface area (Å²) in [6.45, 7) is 2.79. The van der Waals surface area contributed by atoms with Crippen molar-refractivity contribution in [2.75, 3.05) is 18.0 Å². The average Bonchev–Trinajstić information content (AvgIpc) is 2.84. The van der Waals surface area contributed by atoms with Crippen LogP contribution in [0.25, 0.3) is 0 Å². The fourth-order valence-corrected chi connectivity index (χ4v) is 3.01. The highest BCUT2D eigenvalue weighted by Crippen LogP contribution is 2.38. The maximum Gasteiger partial charge on any atom is 0.311 e. The zero-order chi connectivity index (χ0) is 14.9. The molecule has 0 aliphatic carbocycles. The smallest absolute Gasteiger partial charge is 0.311 e. The second-order valence-corrected chi connectivity index (χ2v) is 5.72. The number of aliphatic carboxylic acids is 1. The average molecular weight is 344 g/mol. The third-order valence-corrected chi connectivity index (χ3v) is 4.39. The molecule has 0 amide bonds. The number of nitro groups is 1. The molecule has 1 aliphatic heterocycles. The molecule has 0 spiro atoms. The number of rotatable bonds is 4. The van der Waals surface area contributed by atoms with Gasteiger partial charge in [-0.05, 0) is 28.8 Å². The number of carboxylic acid groups (broad SMARTS) is 1. The summed E-state index contributed by atoms with van der Waals surface area (Å²) in [6.07, 6.45) is 2.28. The molecule has 8 heteroatoms. The molecule has 2 heterocycles. The van der Waals surface area contributed by atoms with Gasteiger partial charge in [0.25, 0.3) is 5.69 Å². The molecule has 1 unspecified atom stereocenters. The normalized spacial score (nSPS) is 22.0. The molecule has 2 rings (SSSR count). The minimum absolute atomic E-state index is 0.0974. The Morgan fingerprint density at radius 1 is 1.70 bits per heavy atom. The number of pyridine rings is 1. The lowest BCUT2D eigenvalue weighted by Crippen LogP contribution is -2.34. The largest absolute Gasteiger partial charge is 0.481 e. The van der Waals surface area contributed by atoms with Crippen molar-refractivity contribution >= 4 is 33.4 Å². The highest BCUT2D eigenvalue weighted by Gasteiger charge is 2.44. The van der Waals surface area contributed by atoms with Gasteiger partial charge in [0.1, 0.15) is 12.0 Å². The van der Waals surface area contributed by atoms with E-state index in [1.807, 2.05) is 11.8 Å². The molecular formula is C12H14BrN3O4. The van der Waals surface area contributed by atoms with Crippen LogP contribution in [-0.2, 0) is 4.79 Å². The molecule has 1 aromatic rings. The third-order valence-electron chi connectivity index (χ3n) is 3.80. The van der Waals surface area contributed by atoms with Crippen molar-refractivity contribution in [2.45, 2.75) is 19.8 Å². The van der Waals surface area contributed by atoms with Crippen LogP contribution >= 0.6 is 15.9 Å². The summed E-state index contributed by atoms with van der Waals surface area (Å²) in [4.78, 5) is 27.5. The highest BCUT2D eigenvalue weighted by atomic mass is 79.9. The van der Waals surface area contributed by atoms with E-state index < -0.39 is 16.3 Å². The number of hydrogen-bond donors (Lipinski definition) is 1. The van der Waals surface area contributed by atoms with Crippen LogP contribution in [0.5, 0.6) is 0 Å². The molecule has 7 nitrogen and oxygen atoms in total. The van der Waals surface area contributed by atoms with Crippen LogP contribution in [0, 0.1) is 15.5 Å². The van der Waals surface area contributed by atoms with Crippen molar-refractivity contribution in [3.8, 4) is 0 Å². The number of hydrogen-bond acceptors (Lipinski definition) is 5. The molecule has 0 radical (unpaired) electrons. The summed E-state index contributed by atoms with van der Waals surface area (Å²) >= 11 is 3.27. The van der Waals surface area contributed by atoms with Crippen molar-refractivity contribution in [3.63, 3.8) is 0 Å². The first kappa shape index (κ1) is 14.7. The molecule has 1 aliphatic rings. The topological polar surface area (TPSA) is 96.6 Å². The van der Waals surface area contributed by atoms with Crippen LogP contribution in [0.15, 0.2) is 16.7 Å². The maximum atomic E-state index is 11.4. The van der Waals surface area contributed by atoms with E-state index in [0.29, 0.717) is 36.2 Å².